The van der Waals surface area contributed by atoms with Crippen LogP contribution in [-0.2, 0) is 16.1 Å². The maximum atomic E-state index is 13.6. The Bertz CT molecular complexity index is 1540. The van der Waals surface area contributed by atoms with Crippen molar-refractivity contribution in [1.82, 2.24) is 9.47 Å². The Labute approximate surface area is 224 Å². The van der Waals surface area contributed by atoms with Crippen LogP contribution in [0.25, 0.3) is 17.0 Å². The fraction of sp³-hybridized carbons (Fsp3) is 0.107. The fourth-order valence-corrected chi connectivity index (χ4v) is 5.08. The smallest absolute Gasteiger partial charge is 0.270 e. The number of para-hydroxylation sites is 1. The summed E-state index contributed by atoms with van der Waals surface area (Å²) >= 11 is 18.0. The molecule has 5 nitrogen and oxygen atoms in total. The van der Waals surface area contributed by atoms with Crippen molar-refractivity contribution in [3.63, 3.8) is 0 Å². The van der Waals surface area contributed by atoms with Gasteiger partial charge in [0, 0.05) is 45.8 Å². The molecule has 4 aromatic rings. The van der Waals surface area contributed by atoms with Crippen molar-refractivity contribution >= 4 is 75.0 Å². The van der Waals surface area contributed by atoms with Crippen LogP contribution in [0.15, 0.2) is 84.6 Å². The van der Waals surface area contributed by atoms with E-state index >= 15 is 0 Å². The Morgan fingerprint density at radius 3 is 2.31 bits per heavy atom. The molecule has 1 aromatic heterocycles. The summed E-state index contributed by atoms with van der Waals surface area (Å²) in [6.07, 6.45) is 3.60. The summed E-state index contributed by atoms with van der Waals surface area (Å²) in [5.41, 5.74) is 3.29. The lowest BCUT2D eigenvalue weighted by molar-refractivity contribution is -0.127. The summed E-state index contributed by atoms with van der Waals surface area (Å²) < 4.78 is 2.07. The number of nitrogens with zero attached hydrogens (tertiary/aromatic N) is 3. The number of hydrogen-bond acceptors (Lipinski definition) is 3. The molecular formula is C28H21Cl2N3O2S. The molecule has 8 heteroatoms. The van der Waals surface area contributed by atoms with Gasteiger partial charge in [-0.1, -0.05) is 59.6 Å². The zero-order valence-electron chi connectivity index (χ0n) is 19.3. The third kappa shape index (κ3) is 4.32. The number of halogens is 2. The number of fused-ring (bicyclic) bond motifs is 1. The van der Waals surface area contributed by atoms with Crippen molar-refractivity contribution in [1.29, 1.82) is 0 Å². The zero-order chi connectivity index (χ0) is 25.4. The van der Waals surface area contributed by atoms with E-state index in [0.717, 1.165) is 22.0 Å². The molecule has 0 radical (unpaired) electrons. The van der Waals surface area contributed by atoms with E-state index < -0.39 is 11.8 Å². The maximum Gasteiger partial charge on any atom is 0.270 e. The summed E-state index contributed by atoms with van der Waals surface area (Å²) in [7, 11) is 0. The van der Waals surface area contributed by atoms with Gasteiger partial charge in [0.2, 0.25) is 0 Å². The first-order valence-electron chi connectivity index (χ1n) is 11.4. The summed E-state index contributed by atoms with van der Waals surface area (Å²) in [6.45, 7) is 2.71. The second-order valence-electron chi connectivity index (χ2n) is 8.33. The van der Waals surface area contributed by atoms with E-state index in [0.29, 0.717) is 28.8 Å². The lowest BCUT2D eigenvalue weighted by atomic mass is 10.1. The molecule has 0 saturated carbocycles. The predicted molar refractivity (Wildman–Crippen MR) is 149 cm³/mol. The van der Waals surface area contributed by atoms with Gasteiger partial charge in [-0.3, -0.25) is 19.4 Å². The molecule has 0 aliphatic carbocycles. The molecule has 3 aromatic carbocycles. The van der Waals surface area contributed by atoms with Crippen LogP contribution in [-0.4, -0.2) is 32.9 Å². The van der Waals surface area contributed by atoms with Gasteiger partial charge < -0.3 is 4.57 Å². The Kier molecular flexibility index (Phi) is 6.67. The summed E-state index contributed by atoms with van der Waals surface area (Å²) in [6, 6.07) is 22.3. The summed E-state index contributed by atoms with van der Waals surface area (Å²) in [5.74, 6) is -0.888. The zero-order valence-corrected chi connectivity index (χ0v) is 21.6. The van der Waals surface area contributed by atoms with E-state index in [1.54, 1.807) is 30.3 Å². The van der Waals surface area contributed by atoms with Crippen molar-refractivity contribution in [2.75, 3.05) is 11.4 Å². The minimum Gasteiger partial charge on any atom is -0.342 e. The Morgan fingerprint density at radius 2 is 1.58 bits per heavy atom. The van der Waals surface area contributed by atoms with E-state index in [9.17, 15) is 9.59 Å². The van der Waals surface area contributed by atoms with Gasteiger partial charge in [0.1, 0.15) is 5.57 Å². The molecule has 5 rings (SSSR count). The number of thiocarbonyl (C=S) groups is 1. The number of aromatic nitrogens is 1. The number of anilines is 1. The van der Waals surface area contributed by atoms with E-state index in [1.165, 1.54) is 9.80 Å². The molecule has 2 heterocycles. The third-order valence-electron chi connectivity index (χ3n) is 6.15. The molecule has 1 fully saturated rings. The highest BCUT2D eigenvalue weighted by Crippen LogP contribution is 2.30. The highest BCUT2D eigenvalue weighted by atomic mass is 35.5. The van der Waals surface area contributed by atoms with Crippen LogP contribution in [0.3, 0.4) is 0 Å². The van der Waals surface area contributed by atoms with Gasteiger partial charge in [-0.25, -0.2) is 0 Å². The van der Waals surface area contributed by atoms with Crippen LogP contribution in [0.4, 0.5) is 5.69 Å². The van der Waals surface area contributed by atoms with E-state index in [2.05, 4.69) is 4.57 Å². The molecule has 0 atom stereocenters. The van der Waals surface area contributed by atoms with Gasteiger partial charge in [0.05, 0.1) is 5.69 Å². The van der Waals surface area contributed by atoms with Crippen LogP contribution in [0, 0.1) is 0 Å². The lowest BCUT2D eigenvalue weighted by Gasteiger charge is -2.36. The number of carbonyl (C=O) groups is 2. The minimum atomic E-state index is -0.472. The van der Waals surface area contributed by atoms with Crippen LogP contribution in [0.2, 0.25) is 10.0 Å². The standard InChI is InChI=1S/C28H21Cl2N3O2S/c1-2-32-26(34)23(27(35)33(28(32)36)21-13-11-20(29)12-14-21)15-19-17-31(25-10-6-4-8-22(19)25)16-18-7-3-5-9-24(18)30/h3-15,17H,2,16H2,1H3/b23-15+. The predicted octanol–water partition coefficient (Wildman–Crippen LogP) is 6.56. The van der Waals surface area contributed by atoms with Crippen molar-refractivity contribution in [3.05, 3.63) is 106 Å². The number of likely N-dealkylation sites (N-methyl/N-ethyl adjacent to an activating group) is 1. The molecule has 36 heavy (non-hydrogen) atoms. The van der Waals surface area contributed by atoms with E-state index in [4.69, 9.17) is 35.4 Å². The van der Waals surface area contributed by atoms with Gasteiger partial charge in [-0.2, -0.15) is 0 Å². The topological polar surface area (TPSA) is 45.6 Å². The highest BCUT2D eigenvalue weighted by Gasteiger charge is 2.39. The first-order valence-corrected chi connectivity index (χ1v) is 12.5. The molecule has 1 saturated heterocycles. The number of amides is 2. The third-order valence-corrected chi connectivity index (χ3v) is 7.17. The van der Waals surface area contributed by atoms with Gasteiger partial charge >= 0.3 is 0 Å². The van der Waals surface area contributed by atoms with Crippen molar-refractivity contribution in [2.45, 2.75) is 13.5 Å². The molecular weight excluding hydrogens is 513 g/mol. The van der Waals surface area contributed by atoms with Crippen molar-refractivity contribution in [2.24, 2.45) is 0 Å². The maximum absolute atomic E-state index is 13.6. The molecule has 0 spiro atoms. The average molecular weight is 534 g/mol. The number of hydrogen-bond donors (Lipinski definition) is 0. The van der Waals surface area contributed by atoms with E-state index in [-0.39, 0.29) is 10.7 Å². The van der Waals surface area contributed by atoms with Gasteiger partial charge in [0.15, 0.2) is 5.11 Å². The monoisotopic (exact) mass is 533 g/mol. The normalized spacial score (nSPS) is 15.4. The molecule has 1 aliphatic rings. The minimum absolute atomic E-state index is 0.0426. The van der Waals surface area contributed by atoms with Gasteiger partial charge in [-0.15, -0.1) is 0 Å². The molecule has 0 unspecified atom stereocenters. The van der Waals surface area contributed by atoms with Crippen molar-refractivity contribution in [3.8, 4) is 0 Å². The Balaban J connectivity index is 1.61. The summed E-state index contributed by atoms with van der Waals surface area (Å²) in [4.78, 5) is 29.8. The van der Waals surface area contributed by atoms with Gasteiger partial charge in [-0.05, 0) is 67.2 Å². The highest BCUT2D eigenvalue weighted by molar-refractivity contribution is 7.80. The molecule has 1 aliphatic heterocycles. The average Bonchev–Trinajstić information content (AvgIpc) is 3.22. The lowest BCUT2D eigenvalue weighted by Crippen LogP contribution is -2.56. The molecule has 2 amide bonds. The summed E-state index contributed by atoms with van der Waals surface area (Å²) in [5, 5.41) is 2.29. The van der Waals surface area contributed by atoms with Crippen LogP contribution in [0.1, 0.15) is 18.1 Å². The quantitative estimate of drug-likeness (QED) is 0.166. The number of carbonyl (C=O) groups excluding carboxylic acids is 2. The van der Waals surface area contributed by atoms with Crippen LogP contribution >= 0.6 is 35.4 Å². The van der Waals surface area contributed by atoms with Crippen LogP contribution in [0.5, 0.6) is 0 Å². The Hall–Kier alpha value is -3.45. The first-order chi connectivity index (χ1) is 17.4. The SMILES string of the molecule is CCN1C(=O)/C(=C\c2cn(Cc3ccccc3Cl)c3ccccc23)C(=O)N(c2ccc(Cl)cc2)C1=S. The van der Waals surface area contributed by atoms with E-state index in [1.807, 2.05) is 61.7 Å². The molecule has 0 bridgehead atoms. The Morgan fingerprint density at radius 1 is 0.889 bits per heavy atom. The van der Waals surface area contributed by atoms with Gasteiger partial charge in [0.25, 0.3) is 11.8 Å². The largest absolute Gasteiger partial charge is 0.342 e. The van der Waals surface area contributed by atoms with Crippen LogP contribution < -0.4 is 4.90 Å². The molecule has 0 N–H and O–H groups in total. The molecule has 180 valence electrons. The second kappa shape index (κ2) is 9.90. The first kappa shape index (κ1) is 24.3. The fourth-order valence-electron chi connectivity index (χ4n) is 4.36. The number of rotatable bonds is 5. The van der Waals surface area contributed by atoms with Crippen molar-refractivity contribution < 1.29 is 9.59 Å². The number of benzene rings is 3. The second-order valence-corrected chi connectivity index (χ2v) is 9.54.